The van der Waals surface area contributed by atoms with E-state index in [-0.39, 0.29) is 5.56 Å². The normalized spacial score (nSPS) is 12.6. The Hall–Kier alpha value is -2.78. The molecule has 0 unspecified atom stereocenters. The molecule has 0 fully saturated rings. The molecule has 0 aliphatic heterocycles. The van der Waals surface area contributed by atoms with Crippen LogP contribution in [-0.2, 0) is 12.4 Å². The summed E-state index contributed by atoms with van der Waals surface area (Å²) in [6.45, 7) is 9.39. The van der Waals surface area contributed by atoms with Gasteiger partial charge in [-0.2, -0.15) is 26.3 Å². The van der Waals surface area contributed by atoms with Gasteiger partial charge in [-0.25, -0.2) is 0 Å². The third kappa shape index (κ3) is 7.13. The van der Waals surface area contributed by atoms with Crippen LogP contribution in [0.1, 0.15) is 73.5 Å². The number of carbonyl (C=O) groups excluding carboxylic acids is 2. The van der Waals surface area contributed by atoms with E-state index in [1.54, 1.807) is 41.5 Å². The van der Waals surface area contributed by atoms with Crippen LogP contribution in [0.15, 0.2) is 36.8 Å². The summed E-state index contributed by atoms with van der Waals surface area (Å²) in [5.41, 5.74) is -4.53. The Kier molecular flexibility index (Phi) is 7.99. The standard InChI is InChI=1S/2C11H12F3NO/c1-10(2,3)9(16)7-6-15-5-4-8(7)11(12,13)14;1-10(2,3)9(16)8-7(11(12,13)14)5-4-6-15-8/h2*4-6H,1-3H3. The Labute approximate surface area is 182 Å². The first kappa shape index (κ1) is 27.3. The Morgan fingerprint density at radius 1 is 0.719 bits per heavy atom. The van der Waals surface area contributed by atoms with Crippen LogP contribution in [0.2, 0.25) is 0 Å². The number of aromatic nitrogens is 2. The molecule has 32 heavy (non-hydrogen) atoms. The fourth-order valence-corrected chi connectivity index (χ4v) is 2.40. The summed E-state index contributed by atoms with van der Waals surface area (Å²) in [6.07, 6.45) is -5.89. The Morgan fingerprint density at radius 3 is 1.66 bits per heavy atom. The SMILES string of the molecule is CC(C)(C)C(=O)c1cnccc1C(F)(F)F.CC(C)(C)C(=O)c1ncccc1C(F)(F)F. The molecule has 2 aromatic rings. The van der Waals surface area contributed by atoms with E-state index in [1.165, 1.54) is 12.3 Å². The fourth-order valence-electron chi connectivity index (χ4n) is 2.40. The van der Waals surface area contributed by atoms with Crippen LogP contribution in [-0.4, -0.2) is 21.5 Å². The van der Waals surface area contributed by atoms with Crippen LogP contribution in [0.3, 0.4) is 0 Å². The molecule has 2 rings (SSSR count). The van der Waals surface area contributed by atoms with Crippen molar-refractivity contribution < 1.29 is 35.9 Å². The van der Waals surface area contributed by atoms with Gasteiger partial charge in [-0.15, -0.1) is 0 Å². The summed E-state index contributed by atoms with van der Waals surface area (Å²) >= 11 is 0. The number of rotatable bonds is 2. The second-order valence-electron chi connectivity index (χ2n) is 8.97. The van der Waals surface area contributed by atoms with Gasteiger partial charge in [-0.05, 0) is 18.2 Å². The van der Waals surface area contributed by atoms with Crippen molar-refractivity contribution in [2.75, 3.05) is 0 Å². The van der Waals surface area contributed by atoms with Crippen molar-refractivity contribution in [2.24, 2.45) is 10.8 Å². The van der Waals surface area contributed by atoms with Gasteiger partial charge < -0.3 is 0 Å². The smallest absolute Gasteiger partial charge is 0.294 e. The van der Waals surface area contributed by atoms with Crippen molar-refractivity contribution in [1.82, 2.24) is 9.97 Å². The predicted octanol–water partition coefficient (Wildman–Crippen LogP) is 6.66. The van der Waals surface area contributed by atoms with E-state index in [0.717, 1.165) is 24.5 Å². The maximum Gasteiger partial charge on any atom is 0.418 e. The maximum absolute atomic E-state index is 12.6. The molecule has 0 radical (unpaired) electrons. The topological polar surface area (TPSA) is 59.9 Å². The first-order valence-corrected chi connectivity index (χ1v) is 9.41. The van der Waals surface area contributed by atoms with Gasteiger partial charge in [0.1, 0.15) is 5.69 Å². The van der Waals surface area contributed by atoms with Crippen molar-refractivity contribution in [2.45, 2.75) is 53.9 Å². The Balaban J connectivity index is 0.000000320. The predicted molar refractivity (Wildman–Crippen MR) is 106 cm³/mol. The zero-order chi connectivity index (χ0) is 25.1. The quantitative estimate of drug-likeness (QED) is 0.370. The van der Waals surface area contributed by atoms with Crippen molar-refractivity contribution in [3.8, 4) is 0 Å². The van der Waals surface area contributed by atoms with Crippen molar-refractivity contribution in [3.63, 3.8) is 0 Å². The van der Waals surface area contributed by atoms with E-state index in [9.17, 15) is 35.9 Å². The van der Waals surface area contributed by atoms with Crippen LogP contribution >= 0.6 is 0 Å². The van der Waals surface area contributed by atoms with Crippen LogP contribution in [0.4, 0.5) is 26.3 Å². The highest BCUT2D eigenvalue weighted by Gasteiger charge is 2.39. The monoisotopic (exact) mass is 462 g/mol. The number of carbonyl (C=O) groups is 2. The molecule has 2 heterocycles. The van der Waals surface area contributed by atoms with Crippen molar-refractivity contribution >= 4 is 11.6 Å². The molecule has 0 aromatic carbocycles. The van der Waals surface area contributed by atoms with E-state index in [2.05, 4.69) is 9.97 Å². The van der Waals surface area contributed by atoms with Gasteiger partial charge in [-0.3, -0.25) is 19.6 Å². The molecule has 4 nitrogen and oxygen atoms in total. The molecule has 0 atom stereocenters. The second kappa shape index (κ2) is 9.38. The van der Waals surface area contributed by atoms with Gasteiger partial charge in [0.25, 0.3) is 0 Å². The maximum atomic E-state index is 12.6. The lowest BCUT2D eigenvalue weighted by molar-refractivity contribution is -0.138. The first-order chi connectivity index (χ1) is 14.3. The molecule has 0 aliphatic carbocycles. The molecule has 0 bridgehead atoms. The molecule has 0 amide bonds. The molecule has 0 N–H and O–H groups in total. The number of hydrogen-bond donors (Lipinski definition) is 0. The molecule has 2 aromatic heterocycles. The third-order valence-electron chi connectivity index (χ3n) is 4.06. The summed E-state index contributed by atoms with van der Waals surface area (Å²) in [5.74, 6) is -1.17. The minimum atomic E-state index is -4.55. The van der Waals surface area contributed by atoms with Crippen LogP contribution in [0, 0.1) is 10.8 Å². The lowest BCUT2D eigenvalue weighted by atomic mass is 9.85. The first-order valence-electron chi connectivity index (χ1n) is 9.41. The lowest BCUT2D eigenvalue weighted by Crippen LogP contribution is -2.25. The average molecular weight is 462 g/mol. The number of ketones is 2. The van der Waals surface area contributed by atoms with E-state index < -0.39 is 51.6 Å². The van der Waals surface area contributed by atoms with Gasteiger partial charge in [0.15, 0.2) is 11.6 Å². The summed E-state index contributed by atoms with van der Waals surface area (Å²) in [6, 6.07) is 2.85. The van der Waals surface area contributed by atoms with E-state index >= 15 is 0 Å². The van der Waals surface area contributed by atoms with Crippen LogP contribution in [0.5, 0.6) is 0 Å². The number of alkyl halides is 6. The van der Waals surface area contributed by atoms with E-state index in [1.807, 2.05) is 0 Å². The zero-order valence-corrected chi connectivity index (χ0v) is 18.4. The Morgan fingerprint density at radius 2 is 1.22 bits per heavy atom. The van der Waals surface area contributed by atoms with E-state index in [4.69, 9.17) is 0 Å². The highest BCUT2D eigenvalue weighted by Crippen LogP contribution is 2.35. The van der Waals surface area contributed by atoms with Crippen LogP contribution in [0.25, 0.3) is 0 Å². The molecule has 0 saturated carbocycles. The zero-order valence-electron chi connectivity index (χ0n) is 18.4. The molecular formula is C22H24F6N2O2. The van der Waals surface area contributed by atoms with Gasteiger partial charge in [0.2, 0.25) is 0 Å². The van der Waals surface area contributed by atoms with Crippen LogP contribution < -0.4 is 0 Å². The molecule has 0 spiro atoms. The van der Waals surface area contributed by atoms with E-state index in [0.29, 0.717) is 0 Å². The molecule has 10 heteroatoms. The third-order valence-corrected chi connectivity index (χ3v) is 4.06. The number of hydrogen-bond acceptors (Lipinski definition) is 4. The number of Topliss-reactive ketones (excluding diaryl/α,β-unsaturated/α-hetero) is 2. The summed E-state index contributed by atoms with van der Waals surface area (Å²) in [5, 5.41) is 0. The molecule has 176 valence electrons. The number of halogens is 6. The Bertz CT molecular complexity index is 888. The summed E-state index contributed by atoms with van der Waals surface area (Å²) in [4.78, 5) is 30.7. The van der Waals surface area contributed by atoms with Crippen molar-refractivity contribution in [1.29, 1.82) is 0 Å². The van der Waals surface area contributed by atoms with Gasteiger partial charge >= 0.3 is 12.4 Å². The largest absolute Gasteiger partial charge is 0.418 e. The molecular weight excluding hydrogens is 438 g/mol. The minimum Gasteiger partial charge on any atom is -0.294 e. The summed E-state index contributed by atoms with van der Waals surface area (Å²) in [7, 11) is 0. The number of nitrogens with zero attached hydrogens (tertiary/aromatic N) is 2. The summed E-state index contributed by atoms with van der Waals surface area (Å²) < 4.78 is 75.7. The van der Waals surface area contributed by atoms with Gasteiger partial charge in [0, 0.05) is 35.0 Å². The fraction of sp³-hybridized carbons (Fsp3) is 0.455. The molecule has 0 saturated heterocycles. The number of pyridine rings is 2. The second-order valence-corrected chi connectivity index (χ2v) is 8.97. The highest BCUT2D eigenvalue weighted by molar-refractivity contribution is 6.01. The van der Waals surface area contributed by atoms with Gasteiger partial charge in [0.05, 0.1) is 11.1 Å². The molecule has 0 aliphatic rings. The van der Waals surface area contributed by atoms with Crippen molar-refractivity contribution in [3.05, 3.63) is 59.2 Å². The highest BCUT2D eigenvalue weighted by atomic mass is 19.4. The van der Waals surface area contributed by atoms with Gasteiger partial charge in [-0.1, -0.05) is 41.5 Å². The average Bonchev–Trinajstić information content (AvgIpc) is 2.64. The minimum absolute atomic E-state index is 0.373. The lowest BCUT2D eigenvalue weighted by Gasteiger charge is -2.19.